The Morgan fingerprint density at radius 2 is 1.73 bits per heavy atom. The first kappa shape index (κ1) is 21.9. The summed E-state index contributed by atoms with van der Waals surface area (Å²) in [5, 5.41) is 2.61. The molecule has 2 atom stereocenters. The summed E-state index contributed by atoms with van der Waals surface area (Å²) in [4.78, 5) is 24.3. The molecule has 1 N–H and O–H groups in total. The predicted octanol–water partition coefficient (Wildman–Crippen LogP) is 2.28. The lowest BCUT2D eigenvalue weighted by atomic mass is 10.2. The fourth-order valence-corrected chi connectivity index (χ4v) is 4.83. The molecule has 0 spiro atoms. The van der Waals surface area contributed by atoms with E-state index in [0.29, 0.717) is 5.69 Å². The van der Waals surface area contributed by atoms with E-state index in [4.69, 9.17) is 9.47 Å². The Labute approximate surface area is 175 Å². The number of para-hydroxylation sites is 1. The molecule has 1 aliphatic heterocycles. The largest absolute Gasteiger partial charge is 0.452 e. The summed E-state index contributed by atoms with van der Waals surface area (Å²) in [5.41, 5.74) is 0.638. The molecule has 3 rings (SSSR count). The lowest BCUT2D eigenvalue weighted by molar-refractivity contribution is -0.119. The van der Waals surface area contributed by atoms with Crippen LogP contribution in [0.1, 0.15) is 24.2 Å². The van der Waals surface area contributed by atoms with Gasteiger partial charge >= 0.3 is 5.97 Å². The molecule has 2 aromatic rings. The van der Waals surface area contributed by atoms with Gasteiger partial charge in [-0.05, 0) is 44.2 Å². The lowest BCUT2D eigenvalue weighted by Gasteiger charge is -2.34. The number of sulfonamides is 1. The van der Waals surface area contributed by atoms with Crippen LogP contribution in [-0.2, 0) is 24.3 Å². The normalized spacial score (nSPS) is 19.8. The van der Waals surface area contributed by atoms with Gasteiger partial charge in [-0.1, -0.05) is 24.3 Å². The number of amides is 1. The second-order valence-corrected chi connectivity index (χ2v) is 9.04. The van der Waals surface area contributed by atoms with Crippen LogP contribution in [0.5, 0.6) is 0 Å². The minimum absolute atomic E-state index is 0.00742. The zero-order valence-electron chi connectivity index (χ0n) is 16.8. The fraction of sp³-hybridized carbons (Fsp3) is 0.333. The number of carbonyl (C=O) groups is 2. The van der Waals surface area contributed by atoms with Crippen molar-refractivity contribution < 1.29 is 27.5 Å². The number of esters is 1. The highest BCUT2D eigenvalue weighted by molar-refractivity contribution is 7.89. The quantitative estimate of drug-likeness (QED) is 0.703. The monoisotopic (exact) mass is 432 g/mol. The van der Waals surface area contributed by atoms with E-state index in [-0.39, 0.29) is 35.8 Å². The summed E-state index contributed by atoms with van der Waals surface area (Å²) in [7, 11) is -3.79. The summed E-state index contributed by atoms with van der Waals surface area (Å²) >= 11 is 0. The molecule has 0 aliphatic carbocycles. The van der Waals surface area contributed by atoms with Gasteiger partial charge in [0.25, 0.3) is 5.91 Å². The molecule has 0 radical (unpaired) electrons. The Morgan fingerprint density at radius 1 is 1.07 bits per heavy atom. The van der Waals surface area contributed by atoms with Crippen LogP contribution in [0.4, 0.5) is 5.69 Å². The van der Waals surface area contributed by atoms with E-state index in [1.807, 2.05) is 19.9 Å². The molecular formula is C21H24N2O6S. The van der Waals surface area contributed by atoms with E-state index in [1.165, 1.54) is 28.6 Å². The van der Waals surface area contributed by atoms with Crippen molar-refractivity contribution >= 4 is 27.6 Å². The van der Waals surface area contributed by atoms with E-state index < -0.39 is 28.5 Å². The first-order valence-corrected chi connectivity index (χ1v) is 11.0. The van der Waals surface area contributed by atoms with Crippen LogP contribution in [0.2, 0.25) is 0 Å². The highest BCUT2D eigenvalue weighted by Gasteiger charge is 2.32. The molecule has 1 saturated heterocycles. The Bertz CT molecular complexity index is 999. The van der Waals surface area contributed by atoms with Crippen molar-refractivity contribution in [2.75, 3.05) is 25.0 Å². The van der Waals surface area contributed by atoms with Gasteiger partial charge in [-0.2, -0.15) is 4.31 Å². The average molecular weight is 432 g/mol. The van der Waals surface area contributed by atoms with Crippen LogP contribution in [0.25, 0.3) is 0 Å². The third-order valence-corrected chi connectivity index (χ3v) is 6.31. The van der Waals surface area contributed by atoms with Crippen LogP contribution in [0.3, 0.4) is 0 Å². The van der Waals surface area contributed by atoms with Gasteiger partial charge in [-0.25, -0.2) is 13.2 Å². The number of hydrogen-bond acceptors (Lipinski definition) is 6. The zero-order chi connectivity index (χ0) is 21.7. The summed E-state index contributed by atoms with van der Waals surface area (Å²) in [6.45, 7) is 3.62. The van der Waals surface area contributed by atoms with Crippen molar-refractivity contribution in [3.63, 3.8) is 0 Å². The zero-order valence-corrected chi connectivity index (χ0v) is 17.6. The van der Waals surface area contributed by atoms with Crippen LogP contribution < -0.4 is 5.32 Å². The smallest absolute Gasteiger partial charge is 0.338 e. The number of ether oxygens (including phenoxy) is 2. The molecule has 1 fully saturated rings. The van der Waals surface area contributed by atoms with E-state index in [1.54, 1.807) is 24.3 Å². The minimum Gasteiger partial charge on any atom is -0.452 e. The number of rotatable bonds is 6. The second kappa shape index (κ2) is 9.38. The molecule has 30 heavy (non-hydrogen) atoms. The average Bonchev–Trinajstić information content (AvgIpc) is 2.72. The van der Waals surface area contributed by atoms with E-state index >= 15 is 0 Å². The summed E-state index contributed by atoms with van der Waals surface area (Å²) in [6.07, 6.45) is -0.445. The number of hydrogen-bond donors (Lipinski definition) is 1. The highest BCUT2D eigenvalue weighted by atomic mass is 32.2. The molecule has 8 nitrogen and oxygen atoms in total. The van der Waals surface area contributed by atoms with Crippen molar-refractivity contribution in [3.05, 3.63) is 60.2 Å². The third kappa shape index (κ3) is 5.44. The van der Waals surface area contributed by atoms with E-state index in [9.17, 15) is 18.0 Å². The highest BCUT2D eigenvalue weighted by Crippen LogP contribution is 2.22. The summed E-state index contributed by atoms with van der Waals surface area (Å²) < 4.78 is 37.9. The number of benzene rings is 2. The van der Waals surface area contributed by atoms with Crippen molar-refractivity contribution in [2.24, 2.45) is 0 Å². The maximum atomic E-state index is 13.0. The minimum atomic E-state index is -3.79. The third-order valence-electron chi connectivity index (χ3n) is 4.49. The molecule has 1 amide bonds. The van der Waals surface area contributed by atoms with Gasteiger partial charge < -0.3 is 14.8 Å². The molecule has 1 heterocycles. The lowest BCUT2D eigenvalue weighted by Crippen LogP contribution is -2.48. The molecule has 160 valence electrons. The van der Waals surface area contributed by atoms with Crippen LogP contribution >= 0.6 is 0 Å². The fourth-order valence-electron chi connectivity index (χ4n) is 3.19. The second-order valence-electron chi connectivity index (χ2n) is 7.10. The Hall–Kier alpha value is -2.75. The Balaban J connectivity index is 1.65. The number of nitrogens with one attached hydrogen (secondary N) is 1. The molecule has 1 aliphatic rings. The molecule has 2 unspecified atom stereocenters. The molecule has 0 bridgehead atoms. The standard InChI is InChI=1S/C21H24N2O6S/c1-15-12-23(13-16(2)29-15)30(26,27)19-10-6-7-17(11-19)21(25)28-14-20(24)22-18-8-4-3-5-9-18/h3-11,15-16H,12-14H2,1-2H3,(H,22,24). The summed E-state index contributed by atoms with van der Waals surface area (Å²) in [5.74, 6) is -1.27. The number of morpholine rings is 1. The van der Waals surface area contributed by atoms with Gasteiger partial charge in [0, 0.05) is 18.8 Å². The molecule has 0 saturated carbocycles. The van der Waals surface area contributed by atoms with Gasteiger partial charge in [-0.15, -0.1) is 0 Å². The van der Waals surface area contributed by atoms with Crippen molar-refractivity contribution in [3.8, 4) is 0 Å². The molecule has 0 aromatic heterocycles. The Kier molecular flexibility index (Phi) is 6.86. The van der Waals surface area contributed by atoms with Gasteiger partial charge in [0.05, 0.1) is 22.7 Å². The number of nitrogens with zero attached hydrogens (tertiary/aromatic N) is 1. The van der Waals surface area contributed by atoms with Gasteiger partial charge in [-0.3, -0.25) is 4.79 Å². The topological polar surface area (TPSA) is 102 Å². The number of anilines is 1. The van der Waals surface area contributed by atoms with Crippen molar-refractivity contribution in [1.82, 2.24) is 4.31 Å². The van der Waals surface area contributed by atoms with Gasteiger partial charge in [0.2, 0.25) is 10.0 Å². The van der Waals surface area contributed by atoms with Crippen LogP contribution in [-0.4, -0.2) is 56.5 Å². The molecular weight excluding hydrogens is 408 g/mol. The van der Waals surface area contributed by atoms with Crippen molar-refractivity contribution in [1.29, 1.82) is 0 Å². The first-order chi connectivity index (χ1) is 14.3. The maximum absolute atomic E-state index is 13.0. The molecule has 2 aromatic carbocycles. The maximum Gasteiger partial charge on any atom is 0.338 e. The van der Waals surface area contributed by atoms with E-state index in [2.05, 4.69) is 5.32 Å². The number of carbonyl (C=O) groups excluding carboxylic acids is 2. The summed E-state index contributed by atoms with van der Waals surface area (Å²) in [6, 6.07) is 14.4. The first-order valence-electron chi connectivity index (χ1n) is 9.53. The van der Waals surface area contributed by atoms with Crippen LogP contribution in [0.15, 0.2) is 59.5 Å². The van der Waals surface area contributed by atoms with E-state index in [0.717, 1.165) is 0 Å². The Morgan fingerprint density at radius 3 is 2.40 bits per heavy atom. The SMILES string of the molecule is CC1CN(S(=O)(=O)c2cccc(C(=O)OCC(=O)Nc3ccccc3)c2)CC(C)O1. The predicted molar refractivity (Wildman–Crippen MR) is 111 cm³/mol. The van der Waals surface area contributed by atoms with Gasteiger partial charge in [0.1, 0.15) is 0 Å². The van der Waals surface area contributed by atoms with Gasteiger partial charge in [0.15, 0.2) is 6.61 Å². The molecule has 9 heteroatoms. The van der Waals surface area contributed by atoms with Crippen molar-refractivity contribution in [2.45, 2.75) is 31.0 Å². The van der Waals surface area contributed by atoms with Crippen LogP contribution in [0, 0.1) is 0 Å².